The van der Waals surface area contributed by atoms with Gasteiger partial charge in [0.2, 0.25) is 0 Å². The molecule has 0 saturated carbocycles. The Bertz CT molecular complexity index is 845. The maximum absolute atomic E-state index is 10.4. The van der Waals surface area contributed by atoms with Crippen molar-refractivity contribution < 1.29 is 5.11 Å². The highest BCUT2D eigenvalue weighted by atomic mass is 35.5. The number of rotatable bonds is 3. The van der Waals surface area contributed by atoms with Gasteiger partial charge < -0.3 is 10.1 Å². The van der Waals surface area contributed by atoms with Gasteiger partial charge in [0.25, 0.3) is 0 Å². The molecule has 0 aliphatic rings. The van der Waals surface area contributed by atoms with Gasteiger partial charge in [0.05, 0.1) is 11.0 Å². The van der Waals surface area contributed by atoms with Crippen molar-refractivity contribution in [2.24, 2.45) is 0 Å². The number of aliphatic hydroxyl groups is 1. The molecular weight excluding hydrogens is 298 g/mol. The zero-order valence-electron chi connectivity index (χ0n) is 11.5. The molecule has 0 amide bonds. The van der Waals surface area contributed by atoms with Crippen LogP contribution in [0, 0.1) is 11.3 Å². The minimum absolute atomic E-state index is 0.0417. The van der Waals surface area contributed by atoms with E-state index < -0.39 is 5.38 Å². The number of hydrogen-bond donors (Lipinski definition) is 2. The number of benzene rings is 2. The fraction of sp³-hybridized carbons (Fsp3) is 0.0588. The number of aromatic amines is 1. The number of aliphatic hydroxyl groups excluding tert-OH is 1. The molecule has 1 atom stereocenters. The normalized spacial score (nSPS) is 13.5. The van der Waals surface area contributed by atoms with Gasteiger partial charge in [-0.2, -0.15) is 5.26 Å². The predicted molar refractivity (Wildman–Crippen MR) is 86.3 cm³/mol. The van der Waals surface area contributed by atoms with Crippen LogP contribution in [0.15, 0.2) is 60.4 Å². The lowest BCUT2D eigenvalue weighted by Crippen LogP contribution is -1.99. The van der Waals surface area contributed by atoms with Crippen molar-refractivity contribution in [3.05, 3.63) is 71.7 Å². The van der Waals surface area contributed by atoms with Crippen molar-refractivity contribution in [1.82, 2.24) is 9.97 Å². The van der Waals surface area contributed by atoms with E-state index in [0.29, 0.717) is 11.4 Å². The summed E-state index contributed by atoms with van der Waals surface area (Å²) in [4.78, 5) is 7.35. The number of nitrogens with zero attached hydrogens (tertiary/aromatic N) is 2. The number of H-pyrrole nitrogens is 1. The first-order chi connectivity index (χ1) is 10.7. The summed E-state index contributed by atoms with van der Waals surface area (Å²) in [5.41, 5.74) is 2.28. The van der Waals surface area contributed by atoms with E-state index in [0.717, 1.165) is 11.0 Å². The second-order valence-electron chi connectivity index (χ2n) is 4.75. The summed E-state index contributed by atoms with van der Waals surface area (Å²) in [5, 5.41) is 19.0. The first-order valence-electron chi connectivity index (χ1n) is 6.68. The van der Waals surface area contributed by atoms with Crippen LogP contribution in [0.4, 0.5) is 0 Å². The van der Waals surface area contributed by atoms with Gasteiger partial charge in [0.1, 0.15) is 22.8 Å². The maximum atomic E-state index is 10.4. The Kier molecular flexibility index (Phi) is 3.82. The number of fused-ring (bicyclic) bond motifs is 1. The summed E-state index contributed by atoms with van der Waals surface area (Å²) in [6.07, 6.45) is 0. The molecule has 1 heterocycles. The Balaban J connectivity index is 2.07. The molecule has 2 aromatic carbocycles. The summed E-state index contributed by atoms with van der Waals surface area (Å²) >= 11 is 6.28. The van der Waals surface area contributed by atoms with Gasteiger partial charge in [0.15, 0.2) is 5.82 Å². The molecule has 108 valence electrons. The molecule has 2 N–H and O–H groups in total. The summed E-state index contributed by atoms with van der Waals surface area (Å²) < 4.78 is 0. The Hall–Kier alpha value is -2.77. The molecule has 1 aromatic heterocycles. The SMILES string of the molecule is N#C/C(=C(/O)C(Cl)c1ccccc1)c1nc2ccccc2[nH]1. The average Bonchev–Trinajstić information content (AvgIpc) is 2.99. The molecule has 5 heteroatoms. The lowest BCUT2D eigenvalue weighted by atomic mass is 10.1. The molecule has 0 spiro atoms. The van der Waals surface area contributed by atoms with E-state index in [9.17, 15) is 10.4 Å². The smallest absolute Gasteiger partial charge is 0.152 e. The third-order valence-electron chi connectivity index (χ3n) is 3.33. The number of nitriles is 1. The molecule has 0 radical (unpaired) electrons. The molecule has 4 nitrogen and oxygen atoms in total. The Labute approximate surface area is 132 Å². The van der Waals surface area contributed by atoms with Crippen LogP contribution >= 0.6 is 11.6 Å². The van der Waals surface area contributed by atoms with Gasteiger partial charge in [-0.1, -0.05) is 42.5 Å². The van der Waals surface area contributed by atoms with Crippen LogP contribution in [0.5, 0.6) is 0 Å². The van der Waals surface area contributed by atoms with Crippen LogP contribution in [-0.2, 0) is 0 Å². The van der Waals surface area contributed by atoms with Crippen LogP contribution in [0.3, 0.4) is 0 Å². The number of nitrogens with one attached hydrogen (secondary N) is 1. The van der Waals surface area contributed by atoms with E-state index in [2.05, 4.69) is 9.97 Å². The molecule has 0 aliphatic heterocycles. The summed E-state index contributed by atoms with van der Waals surface area (Å²) in [6.45, 7) is 0. The third-order valence-corrected chi connectivity index (χ3v) is 3.79. The van der Waals surface area contributed by atoms with E-state index in [4.69, 9.17) is 11.6 Å². The van der Waals surface area contributed by atoms with Gasteiger partial charge in [-0.3, -0.25) is 0 Å². The van der Waals surface area contributed by atoms with E-state index in [1.165, 1.54) is 0 Å². The van der Waals surface area contributed by atoms with Crippen LogP contribution in [0.1, 0.15) is 16.8 Å². The number of allylic oxidation sites excluding steroid dienone is 2. The summed E-state index contributed by atoms with van der Waals surface area (Å²) in [7, 11) is 0. The fourth-order valence-corrected chi connectivity index (χ4v) is 2.46. The monoisotopic (exact) mass is 309 g/mol. The minimum Gasteiger partial charge on any atom is -0.509 e. The highest BCUT2D eigenvalue weighted by Gasteiger charge is 2.20. The van der Waals surface area contributed by atoms with E-state index in [1.54, 1.807) is 12.1 Å². The Morgan fingerprint density at radius 2 is 1.82 bits per heavy atom. The van der Waals surface area contributed by atoms with E-state index in [-0.39, 0.29) is 11.3 Å². The van der Waals surface area contributed by atoms with Gasteiger partial charge in [-0.15, -0.1) is 11.6 Å². The van der Waals surface area contributed by atoms with Gasteiger partial charge in [-0.25, -0.2) is 4.98 Å². The van der Waals surface area contributed by atoms with Crippen molar-refractivity contribution in [3.63, 3.8) is 0 Å². The third kappa shape index (κ3) is 2.54. The number of para-hydroxylation sites is 2. The molecular formula is C17H12ClN3O. The average molecular weight is 310 g/mol. The van der Waals surface area contributed by atoms with Crippen molar-refractivity contribution in [1.29, 1.82) is 5.26 Å². The molecule has 3 rings (SSSR count). The molecule has 3 aromatic rings. The zero-order valence-corrected chi connectivity index (χ0v) is 12.2. The predicted octanol–water partition coefficient (Wildman–Crippen LogP) is 4.34. The number of aromatic nitrogens is 2. The van der Waals surface area contributed by atoms with E-state index in [1.807, 2.05) is 48.5 Å². The standard InChI is InChI=1S/C17H12ClN3O/c18-15(11-6-2-1-3-7-11)16(22)12(10-19)17-20-13-8-4-5-9-14(13)21-17/h1-9,15,22H,(H,20,21)/b16-12-. The van der Waals surface area contributed by atoms with Gasteiger partial charge in [-0.05, 0) is 17.7 Å². The number of alkyl halides is 1. The lowest BCUT2D eigenvalue weighted by Gasteiger charge is -2.10. The summed E-state index contributed by atoms with van der Waals surface area (Å²) in [5.74, 6) is 0.0946. The quantitative estimate of drug-likeness (QED) is 0.429. The molecule has 0 aliphatic carbocycles. The first kappa shape index (κ1) is 14.2. The second kappa shape index (κ2) is 5.92. The van der Waals surface area contributed by atoms with Crippen LogP contribution in [0.2, 0.25) is 0 Å². The first-order valence-corrected chi connectivity index (χ1v) is 7.11. The second-order valence-corrected chi connectivity index (χ2v) is 5.18. The minimum atomic E-state index is -0.802. The number of halogens is 1. The Morgan fingerprint density at radius 3 is 2.50 bits per heavy atom. The highest BCUT2D eigenvalue weighted by molar-refractivity contribution is 6.23. The molecule has 1 unspecified atom stereocenters. The van der Waals surface area contributed by atoms with Crippen molar-refractivity contribution in [2.75, 3.05) is 0 Å². The Morgan fingerprint density at radius 1 is 1.14 bits per heavy atom. The summed E-state index contributed by atoms with van der Waals surface area (Å²) in [6, 6.07) is 18.5. The van der Waals surface area contributed by atoms with Crippen LogP contribution in [0.25, 0.3) is 16.6 Å². The topological polar surface area (TPSA) is 72.7 Å². The zero-order chi connectivity index (χ0) is 15.5. The largest absolute Gasteiger partial charge is 0.509 e. The van der Waals surface area contributed by atoms with Gasteiger partial charge in [0, 0.05) is 0 Å². The van der Waals surface area contributed by atoms with E-state index >= 15 is 0 Å². The number of hydrogen-bond acceptors (Lipinski definition) is 3. The lowest BCUT2D eigenvalue weighted by molar-refractivity contribution is 0.397. The van der Waals surface area contributed by atoms with Crippen LogP contribution < -0.4 is 0 Å². The number of imidazole rings is 1. The van der Waals surface area contributed by atoms with Crippen LogP contribution in [-0.4, -0.2) is 15.1 Å². The molecule has 0 bridgehead atoms. The van der Waals surface area contributed by atoms with Crippen molar-refractivity contribution in [2.45, 2.75) is 5.38 Å². The molecule has 0 saturated heterocycles. The molecule has 22 heavy (non-hydrogen) atoms. The maximum Gasteiger partial charge on any atom is 0.152 e. The molecule has 0 fully saturated rings. The fourth-order valence-electron chi connectivity index (χ4n) is 2.21. The van der Waals surface area contributed by atoms with Gasteiger partial charge >= 0.3 is 0 Å². The van der Waals surface area contributed by atoms with Crippen molar-refractivity contribution in [3.8, 4) is 6.07 Å². The highest BCUT2D eigenvalue weighted by Crippen LogP contribution is 2.31. The van der Waals surface area contributed by atoms with Crippen molar-refractivity contribution >= 4 is 28.2 Å².